The third kappa shape index (κ3) is 2.13. The van der Waals surface area contributed by atoms with Gasteiger partial charge in [-0.15, -0.1) is 0 Å². The third-order valence-corrected chi connectivity index (χ3v) is 2.33. The molecule has 0 amide bonds. The monoisotopic (exact) mass is 259 g/mol. The number of carboxylic acids is 1. The van der Waals surface area contributed by atoms with E-state index in [-0.39, 0.29) is 5.82 Å². The van der Waals surface area contributed by atoms with Crippen LogP contribution in [-0.4, -0.2) is 27.1 Å². The van der Waals surface area contributed by atoms with Gasteiger partial charge >= 0.3 is 12.1 Å². The topological polar surface area (TPSA) is 67.5 Å². The molecule has 1 aromatic heterocycles. The fourth-order valence-electron chi connectivity index (χ4n) is 1.59. The molecule has 2 rings (SSSR count). The summed E-state index contributed by atoms with van der Waals surface area (Å²) in [5, 5.41) is 12.2. The van der Waals surface area contributed by atoms with Crippen LogP contribution in [0.4, 0.5) is 13.2 Å². The summed E-state index contributed by atoms with van der Waals surface area (Å²) in [6, 6.07) is 0. The van der Waals surface area contributed by atoms with Crippen molar-refractivity contribution in [3.05, 3.63) is 23.5 Å². The van der Waals surface area contributed by atoms with E-state index in [1.54, 1.807) is 0 Å². The Balaban J connectivity index is 2.58. The van der Waals surface area contributed by atoms with Gasteiger partial charge in [0.2, 0.25) is 0 Å². The Bertz CT molecular complexity index is 543. The van der Waals surface area contributed by atoms with Crippen LogP contribution in [0.3, 0.4) is 0 Å². The lowest BCUT2D eigenvalue weighted by molar-refractivity contribution is -0.143. The Morgan fingerprint density at radius 1 is 1.39 bits per heavy atom. The zero-order chi connectivity index (χ0) is 13.3. The molecule has 0 radical (unpaired) electrons. The molecule has 0 aliphatic carbocycles. The molecule has 0 atom stereocenters. The number of nitrogens with zero attached hydrogens (tertiary/aromatic N) is 3. The van der Waals surface area contributed by atoms with Gasteiger partial charge in [0.15, 0.2) is 5.69 Å². The smallest absolute Gasteiger partial charge is 0.434 e. The Morgan fingerprint density at radius 2 is 2.11 bits per heavy atom. The average molecular weight is 259 g/mol. The maximum atomic E-state index is 12.9. The van der Waals surface area contributed by atoms with Crippen molar-refractivity contribution in [2.45, 2.75) is 19.0 Å². The second kappa shape index (κ2) is 4.28. The maximum Gasteiger partial charge on any atom is 0.434 e. The van der Waals surface area contributed by atoms with Crippen LogP contribution in [0.2, 0.25) is 0 Å². The van der Waals surface area contributed by atoms with Crippen LogP contribution in [0.15, 0.2) is 17.3 Å². The zero-order valence-electron chi connectivity index (χ0n) is 8.98. The number of hydrogen-bond acceptors (Lipinski definition) is 3. The summed E-state index contributed by atoms with van der Waals surface area (Å²) in [4.78, 5) is 14.5. The first-order valence-corrected chi connectivity index (χ1v) is 5.03. The molecule has 1 N–H and O–H groups in total. The van der Waals surface area contributed by atoms with Crippen LogP contribution in [-0.2, 0) is 6.18 Å². The van der Waals surface area contributed by atoms with Gasteiger partial charge in [0.05, 0.1) is 6.20 Å². The number of aromatic nitrogens is 2. The minimum Gasteiger partial charge on any atom is -0.478 e. The molecule has 1 aliphatic rings. The number of alkyl halides is 3. The van der Waals surface area contributed by atoms with Crippen LogP contribution >= 0.6 is 0 Å². The second-order valence-corrected chi connectivity index (χ2v) is 3.57. The highest BCUT2D eigenvalue weighted by molar-refractivity contribution is 5.89. The minimum atomic E-state index is -4.81. The average Bonchev–Trinajstić information content (AvgIpc) is 2.74. The molecule has 8 heteroatoms. The van der Waals surface area contributed by atoms with E-state index >= 15 is 0 Å². The highest BCUT2D eigenvalue weighted by Gasteiger charge is 2.41. The first kappa shape index (κ1) is 12.3. The molecule has 5 nitrogen and oxygen atoms in total. The molecule has 0 saturated heterocycles. The fraction of sp³-hybridized carbons (Fsp3) is 0.300. The molecule has 0 saturated carbocycles. The summed E-state index contributed by atoms with van der Waals surface area (Å²) >= 11 is 0. The van der Waals surface area contributed by atoms with Gasteiger partial charge < -0.3 is 5.11 Å². The summed E-state index contributed by atoms with van der Waals surface area (Å²) < 4.78 is 39.1. The van der Waals surface area contributed by atoms with Crippen molar-refractivity contribution < 1.29 is 23.1 Å². The molecule has 0 aromatic carbocycles. The number of carbonyl (C=O) groups is 1. The van der Waals surface area contributed by atoms with Gasteiger partial charge in [-0.2, -0.15) is 18.3 Å². The molecule has 1 aromatic rings. The van der Waals surface area contributed by atoms with Crippen molar-refractivity contribution in [2.24, 2.45) is 4.99 Å². The van der Waals surface area contributed by atoms with Gasteiger partial charge in [-0.05, 0) is 18.9 Å². The number of aliphatic imine (C=N–C) groups is 1. The van der Waals surface area contributed by atoms with Gasteiger partial charge in [0, 0.05) is 6.21 Å². The Morgan fingerprint density at radius 3 is 2.61 bits per heavy atom. The summed E-state index contributed by atoms with van der Waals surface area (Å²) in [5.41, 5.74) is -2.20. The number of allylic oxidation sites excluding steroid dienone is 1. The number of carboxylic acid groups (broad SMARTS) is 1. The maximum absolute atomic E-state index is 12.9. The van der Waals surface area contributed by atoms with Gasteiger partial charge in [-0.1, -0.05) is 0 Å². The van der Waals surface area contributed by atoms with Crippen LogP contribution in [0.25, 0.3) is 5.82 Å². The van der Waals surface area contributed by atoms with Crippen LogP contribution < -0.4 is 0 Å². The summed E-state index contributed by atoms with van der Waals surface area (Å²) in [7, 11) is 0. The Labute approximate surface area is 99.2 Å². The van der Waals surface area contributed by atoms with Crippen molar-refractivity contribution >= 4 is 18.0 Å². The van der Waals surface area contributed by atoms with E-state index in [2.05, 4.69) is 10.1 Å². The van der Waals surface area contributed by atoms with Gasteiger partial charge in [0.1, 0.15) is 11.4 Å². The quantitative estimate of drug-likeness (QED) is 0.885. The predicted molar refractivity (Wildman–Crippen MR) is 56.2 cm³/mol. The third-order valence-electron chi connectivity index (χ3n) is 2.33. The molecule has 0 bridgehead atoms. The SMILES string of the molecule is O=C(O)c1cnn(C2=CCCC=N2)c1C(F)(F)F. The first-order valence-electron chi connectivity index (χ1n) is 5.03. The second-order valence-electron chi connectivity index (χ2n) is 3.57. The standard InChI is InChI=1S/C10H8F3N3O2/c11-10(12,13)8-6(9(17)18)5-15-16(8)7-3-1-2-4-14-7/h3-5H,1-2H2,(H,17,18). The zero-order valence-corrected chi connectivity index (χ0v) is 8.98. The van der Waals surface area contributed by atoms with Crippen molar-refractivity contribution in [1.82, 2.24) is 9.78 Å². The molecular weight excluding hydrogens is 251 g/mol. The van der Waals surface area contributed by atoms with Crippen molar-refractivity contribution in [3.8, 4) is 0 Å². The normalized spacial score (nSPS) is 15.6. The van der Waals surface area contributed by atoms with Crippen LogP contribution in [0, 0.1) is 0 Å². The summed E-state index contributed by atoms with van der Waals surface area (Å²) in [5.74, 6) is -1.69. The molecule has 0 unspecified atom stereocenters. The van der Waals surface area contributed by atoms with E-state index in [4.69, 9.17) is 5.11 Å². The lowest BCUT2D eigenvalue weighted by Crippen LogP contribution is -2.18. The van der Waals surface area contributed by atoms with Crippen molar-refractivity contribution in [1.29, 1.82) is 0 Å². The van der Waals surface area contributed by atoms with Gasteiger partial charge in [-0.25, -0.2) is 14.5 Å². The van der Waals surface area contributed by atoms with Gasteiger partial charge in [-0.3, -0.25) is 0 Å². The molecule has 2 heterocycles. The minimum absolute atomic E-state index is 0.0129. The van der Waals surface area contributed by atoms with E-state index in [1.807, 2.05) is 0 Å². The first-order chi connectivity index (χ1) is 8.41. The van der Waals surface area contributed by atoms with Gasteiger partial charge in [0.25, 0.3) is 0 Å². The van der Waals surface area contributed by atoms with Crippen LogP contribution in [0.5, 0.6) is 0 Å². The Kier molecular flexibility index (Phi) is 2.93. The van der Waals surface area contributed by atoms with E-state index < -0.39 is 23.4 Å². The highest BCUT2D eigenvalue weighted by Crippen LogP contribution is 2.34. The molecular formula is C10H8F3N3O2. The lowest BCUT2D eigenvalue weighted by atomic mass is 10.2. The molecule has 0 fully saturated rings. The molecule has 18 heavy (non-hydrogen) atoms. The number of hydrogen-bond donors (Lipinski definition) is 1. The molecule has 96 valence electrons. The largest absolute Gasteiger partial charge is 0.478 e. The highest BCUT2D eigenvalue weighted by atomic mass is 19.4. The van der Waals surface area contributed by atoms with E-state index in [9.17, 15) is 18.0 Å². The predicted octanol–water partition coefficient (Wildman–Crippen LogP) is 2.26. The van der Waals surface area contributed by atoms with Crippen LogP contribution in [0.1, 0.15) is 28.9 Å². The molecule has 1 aliphatic heterocycles. The lowest BCUT2D eigenvalue weighted by Gasteiger charge is -2.13. The van der Waals surface area contributed by atoms with E-state index in [1.165, 1.54) is 12.3 Å². The number of halogens is 3. The van der Waals surface area contributed by atoms with Crippen molar-refractivity contribution in [3.63, 3.8) is 0 Å². The molecule has 0 spiro atoms. The summed E-state index contributed by atoms with van der Waals surface area (Å²) in [6.07, 6.45) is -0.00403. The summed E-state index contributed by atoms with van der Waals surface area (Å²) in [6.45, 7) is 0. The van der Waals surface area contributed by atoms with E-state index in [0.717, 1.165) is 0 Å². The number of aromatic carboxylic acids is 1. The fourth-order valence-corrected chi connectivity index (χ4v) is 1.59. The number of rotatable bonds is 2. The van der Waals surface area contributed by atoms with Crippen molar-refractivity contribution in [2.75, 3.05) is 0 Å². The Hall–Kier alpha value is -2.12. The van der Waals surface area contributed by atoms with E-state index in [0.29, 0.717) is 23.7 Å².